The van der Waals surface area contributed by atoms with E-state index in [-0.39, 0.29) is 5.78 Å². The molecule has 0 bridgehead atoms. The van der Waals surface area contributed by atoms with E-state index < -0.39 is 5.60 Å². The number of aromatic nitrogens is 2. The number of imidazole rings is 1. The van der Waals surface area contributed by atoms with Crippen LogP contribution in [0, 0.1) is 0 Å². The molecule has 0 aromatic carbocycles. The lowest BCUT2D eigenvalue weighted by Gasteiger charge is -2.18. The normalized spacial score (nSPS) is 15.4. The molecule has 0 aliphatic carbocycles. The first-order valence-electron chi connectivity index (χ1n) is 4.23. The molecular weight excluding hydrogens is 168 g/mol. The summed E-state index contributed by atoms with van der Waals surface area (Å²) in [5.41, 5.74) is -1.31. The van der Waals surface area contributed by atoms with Crippen molar-refractivity contribution < 1.29 is 9.90 Å². The number of rotatable bonds is 3. The predicted octanol–water partition coefficient (Wildman–Crippen LogP) is 0.764. The number of aliphatic hydroxyl groups is 1. The lowest BCUT2D eigenvalue weighted by molar-refractivity contribution is 0.0376. The molecule has 0 aliphatic rings. The zero-order valence-electron chi connectivity index (χ0n) is 8.11. The minimum absolute atomic E-state index is 0.298. The molecule has 1 atom stereocenters. The van der Waals surface area contributed by atoms with E-state index in [2.05, 4.69) is 4.98 Å². The molecule has 0 amide bonds. The van der Waals surface area contributed by atoms with Crippen molar-refractivity contribution in [3.8, 4) is 0 Å². The largest absolute Gasteiger partial charge is 0.382 e. The Morgan fingerprint density at radius 1 is 1.77 bits per heavy atom. The summed E-state index contributed by atoms with van der Waals surface area (Å²) in [7, 11) is 1.73. The second kappa shape index (κ2) is 3.30. The van der Waals surface area contributed by atoms with Crippen molar-refractivity contribution in [1.29, 1.82) is 0 Å². The highest BCUT2D eigenvalue weighted by Gasteiger charge is 2.31. The molecule has 0 radical (unpaired) electrons. The monoisotopic (exact) mass is 182 g/mol. The van der Waals surface area contributed by atoms with Gasteiger partial charge in [0.05, 0.1) is 0 Å². The smallest absolute Gasteiger partial charge is 0.229 e. The molecule has 0 spiro atoms. The molecule has 1 N–H and O–H groups in total. The second-order valence-electron chi connectivity index (χ2n) is 3.32. The Kier molecular flexibility index (Phi) is 2.52. The van der Waals surface area contributed by atoms with Crippen molar-refractivity contribution in [2.45, 2.75) is 25.9 Å². The predicted molar refractivity (Wildman–Crippen MR) is 48.5 cm³/mol. The van der Waals surface area contributed by atoms with Gasteiger partial charge in [0.25, 0.3) is 0 Å². The fourth-order valence-electron chi connectivity index (χ4n) is 0.986. The lowest BCUT2D eigenvalue weighted by Crippen LogP contribution is -2.35. The highest BCUT2D eigenvalue weighted by molar-refractivity contribution is 5.99. The van der Waals surface area contributed by atoms with Crippen molar-refractivity contribution in [1.82, 2.24) is 9.55 Å². The molecule has 4 nitrogen and oxygen atoms in total. The third-order valence-electron chi connectivity index (χ3n) is 2.20. The number of aryl methyl sites for hydroxylation is 1. The molecule has 13 heavy (non-hydrogen) atoms. The zero-order valence-corrected chi connectivity index (χ0v) is 8.11. The first kappa shape index (κ1) is 9.92. The van der Waals surface area contributed by atoms with E-state index in [1.165, 1.54) is 6.92 Å². The average Bonchev–Trinajstić information content (AvgIpc) is 2.50. The highest BCUT2D eigenvalue weighted by Crippen LogP contribution is 2.14. The summed E-state index contributed by atoms with van der Waals surface area (Å²) in [6.07, 6.45) is 3.61. The van der Waals surface area contributed by atoms with Crippen LogP contribution in [0.2, 0.25) is 0 Å². The molecule has 1 unspecified atom stereocenters. The average molecular weight is 182 g/mol. The first-order valence-corrected chi connectivity index (χ1v) is 4.23. The minimum Gasteiger partial charge on any atom is -0.382 e. The van der Waals surface area contributed by atoms with Gasteiger partial charge in [-0.15, -0.1) is 0 Å². The van der Waals surface area contributed by atoms with Crippen molar-refractivity contribution >= 4 is 5.78 Å². The van der Waals surface area contributed by atoms with Crippen molar-refractivity contribution in [2.75, 3.05) is 0 Å². The molecule has 0 saturated heterocycles. The third-order valence-corrected chi connectivity index (χ3v) is 2.20. The van der Waals surface area contributed by atoms with Gasteiger partial charge in [-0.2, -0.15) is 0 Å². The Labute approximate surface area is 77.2 Å². The van der Waals surface area contributed by atoms with Crippen LogP contribution >= 0.6 is 0 Å². The Balaban J connectivity index is 2.98. The number of carbonyl (C=O) groups is 1. The van der Waals surface area contributed by atoms with E-state index in [0.717, 1.165) is 0 Å². The Morgan fingerprint density at radius 3 is 2.77 bits per heavy atom. The van der Waals surface area contributed by atoms with Gasteiger partial charge in [0.1, 0.15) is 5.60 Å². The number of ketones is 1. The van der Waals surface area contributed by atoms with Gasteiger partial charge in [0.2, 0.25) is 5.78 Å². The molecular formula is C9H14N2O2. The molecule has 1 aromatic heterocycles. The number of carbonyl (C=O) groups excluding carboxylic acids is 1. The van der Waals surface area contributed by atoms with Crippen LogP contribution in [0.25, 0.3) is 0 Å². The first-order chi connectivity index (χ1) is 5.99. The van der Waals surface area contributed by atoms with E-state index in [0.29, 0.717) is 12.2 Å². The highest BCUT2D eigenvalue weighted by atomic mass is 16.3. The quantitative estimate of drug-likeness (QED) is 0.702. The number of hydrogen-bond acceptors (Lipinski definition) is 3. The summed E-state index contributed by atoms with van der Waals surface area (Å²) >= 11 is 0. The van der Waals surface area contributed by atoms with E-state index in [1.807, 2.05) is 0 Å². The van der Waals surface area contributed by atoms with E-state index in [4.69, 9.17) is 0 Å². The van der Waals surface area contributed by atoms with Gasteiger partial charge in [-0.1, -0.05) is 6.92 Å². The van der Waals surface area contributed by atoms with Crippen LogP contribution in [0.1, 0.15) is 30.9 Å². The summed E-state index contributed by atoms with van der Waals surface area (Å²) in [6.45, 7) is 3.27. The molecule has 0 aliphatic heterocycles. The standard InChI is InChI=1S/C9H14N2O2/c1-4-9(2,13)7(12)8-10-5-6-11(8)3/h5-6,13H,4H2,1-3H3. The third kappa shape index (κ3) is 1.78. The van der Waals surface area contributed by atoms with Crippen LogP contribution in [-0.4, -0.2) is 26.0 Å². The van der Waals surface area contributed by atoms with Crippen LogP contribution in [0.3, 0.4) is 0 Å². The van der Waals surface area contributed by atoms with Gasteiger partial charge in [0.15, 0.2) is 5.82 Å². The van der Waals surface area contributed by atoms with Crippen molar-refractivity contribution in [2.24, 2.45) is 7.05 Å². The van der Waals surface area contributed by atoms with Gasteiger partial charge in [0, 0.05) is 19.4 Å². The van der Waals surface area contributed by atoms with Crippen LogP contribution < -0.4 is 0 Å². The van der Waals surface area contributed by atoms with Gasteiger partial charge in [-0.3, -0.25) is 4.79 Å². The van der Waals surface area contributed by atoms with Crippen molar-refractivity contribution in [3.05, 3.63) is 18.2 Å². The molecule has 1 heterocycles. The van der Waals surface area contributed by atoms with Gasteiger partial charge < -0.3 is 9.67 Å². The molecule has 1 aromatic rings. The maximum Gasteiger partial charge on any atom is 0.229 e. The Hall–Kier alpha value is -1.16. The maximum absolute atomic E-state index is 11.6. The number of nitrogens with zero attached hydrogens (tertiary/aromatic N) is 2. The topological polar surface area (TPSA) is 55.1 Å². The Bertz CT molecular complexity index is 315. The molecule has 0 saturated carbocycles. The van der Waals surface area contributed by atoms with Crippen LogP contribution in [0.4, 0.5) is 0 Å². The fraction of sp³-hybridized carbons (Fsp3) is 0.556. The lowest BCUT2D eigenvalue weighted by atomic mass is 9.97. The zero-order chi connectivity index (χ0) is 10.1. The van der Waals surface area contributed by atoms with Gasteiger partial charge >= 0.3 is 0 Å². The Morgan fingerprint density at radius 2 is 2.38 bits per heavy atom. The molecule has 4 heteroatoms. The summed E-state index contributed by atoms with van der Waals surface area (Å²) < 4.78 is 1.60. The van der Waals surface area contributed by atoms with Crippen LogP contribution in [0.15, 0.2) is 12.4 Å². The summed E-state index contributed by atoms with van der Waals surface area (Å²) in [6, 6.07) is 0. The van der Waals surface area contributed by atoms with Crippen LogP contribution in [0.5, 0.6) is 0 Å². The number of Topliss-reactive ketones (excluding diaryl/α,β-unsaturated/α-hetero) is 1. The molecule has 72 valence electrons. The van der Waals surface area contributed by atoms with Gasteiger partial charge in [-0.05, 0) is 13.3 Å². The van der Waals surface area contributed by atoms with E-state index in [1.54, 1.807) is 30.9 Å². The van der Waals surface area contributed by atoms with Gasteiger partial charge in [-0.25, -0.2) is 4.98 Å². The second-order valence-corrected chi connectivity index (χ2v) is 3.32. The summed E-state index contributed by atoms with van der Waals surface area (Å²) in [4.78, 5) is 15.5. The number of hydrogen-bond donors (Lipinski definition) is 1. The van der Waals surface area contributed by atoms with Crippen LogP contribution in [-0.2, 0) is 7.05 Å². The molecule has 1 rings (SSSR count). The van der Waals surface area contributed by atoms with E-state index >= 15 is 0 Å². The molecule has 0 fully saturated rings. The maximum atomic E-state index is 11.6. The van der Waals surface area contributed by atoms with E-state index in [9.17, 15) is 9.90 Å². The SMILES string of the molecule is CCC(C)(O)C(=O)c1nccn1C. The summed E-state index contributed by atoms with van der Waals surface area (Å²) in [5.74, 6) is -0.0330. The summed E-state index contributed by atoms with van der Waals surface area (Å²) in [5, 5.41) is 9.69. The van der Waals surface area contributed by atoms with Crippen molar-refractivity contribution in [3.63, 3.8) is 0 Å². The minimum atomic E-state index is -1.31. The fourth-order valence-corrected chi connectivity index (χ4v) is 0.986.